The molecule has 0 fully saturated rings. The molecule has 0 aliphatic heterocycles. The van der Waals surface area contributed by atoms with E-state index in [0.717, 1.165) is 16.7 Å². The zero-order valence-electron chi connectivity index (χ0n) is 24.1. The van der Waals surface area contributed by atoms with Gasteiger partial charge in [-0.3, -0.25) is 7.32 Å². The molecule has 3 aromatic carbocycles. The highest BCUT2D eigenvalue weighted by atomic mass is 16.5. The van der Waals surface area contributed by atoms with Crippen LogP contribution in [0.25, 0.3) is 14.9 Å². The van der Waals surface area contributed by atoms with Gasteiger partial charge in [0.1, 0.15) is 0 Å². The Bertz CT molecular complexity index is 1380. The predicted octanol–water partition coefficient (Wildman–Crippen LogP) is 2.85. The third-order valence-electron chi connectivity index (χ3n) is 5.21. The van der Waals surface area contributed by atoms with Gasteiger partial charge in [-0.1, -0.05) is 18.2 Å². The topological polar surface area (TPSA) is 233 Å². The number of benzene rings is 3. The highest BCUT2D eigenvalue weighted by molar-refractivity contribution is 6.24. The van der Waals surface area contributed by atoms with Gasteiger partial charge in [0.05, 0.1) is 38.0 Å². The van der Waals surface area contributed by atoms with E-state index in [1.165, 1.54) is 39.5 Å². The highest BCUT2D eigenvalue weighted by Crippen LogP contribution is 2.22. The van der Waals surface area contributed by atoms with E-state index in [0.29, 0.717) is 33.8 Å². The lowest BCUT2D eigenvalue weighted by molar-refractivity contribution is -0.479. The van der Waals surface area contributed by atoms with Crippen LogP contribution in [0.15, 0.2) is 54.6 Å². The van der Waals surface area contributed by atoms with Crippen LogP contribution in [0.2, 0.25) is 0 Å². The molecule has 3 aromatic rings. The summed E-state index contributed by atoms with van der Waals surface area (Å²) in [6, 6.07) is 14.4. The molecule has 0 saturated heterocycles. The van der Waals surface area contributed by atoms with Crippen molar-refractivity contribution < 1.29 is 43.7 Å². The largest absolute Gasteiger partial charge is 0.907 e. The predicted molar refractivity (Wildman–Crippen MR) is 148 cm³/mol. The molecule has 15 nitrogen and oxygen atoms in total. The minimum absolute atomic E-state index is 0.376. The molecule has 0 radical (unpaired) electrons. The summed E-state index contributed by atoms with van der Waals surface area (Å²) in [6.45, 7) is 5.36. The normalized spacial score (nSPS) is 8.79. The number of ether oxygens (including phenoxy) is 3. The first kappa shape index (κ1) is 37.3. The van der Waals surface area contributed by atoms with Gasteiger partial charge in [0, 0.05) is 34.9 Å². The van der Waals surface area contributed by atoms with E-state index in [1.54, 1.807) is 57.2 Å². The summed E-state index contributed by atoms with van der Waals surface area (Å²) < 4.78 is 13.5. The summed E-state index contributed by atoms with van der Waals surface area (Å²) in [6.07, 6.45) is 0. The Morgan fingerprint density at radius 1 is 0.558 bits per heavy atom. The van der Waals surface area contributed by atoms with Gasteiger partial charge in [-0.05, 0) is 39.0 Å². The van der Waals surface area contributed by atoms with Crippen LogP contribution in [0.5, 0.6) is 0 Å². The van der Waals surface area contributed by atoms with Crippen molar-refractivity contribution in [2.75, 3.05) is 21.3 Å². The summed E-state index contributed by atoms with van der Waals surface area (Å²) in [5, 5.41) is 51.0. The van der Waals surface area contributed by atoms with Gasteiger partial charge in [0.15, 0.2) is 14.9 Å². The lowest BCUT2D eigenvalue weighted by Crippen LogP contribution is -2.56. The second-order valence-electron chi connectivity index (χ2n) is 8.07. The van der Waals surface area contributed by atoms with Crippen molar-refractivity contribution in [3.63, 3.8) is 0 Å². The molecule has 0 amide bonds. The zero-order chi connectivity index (χ0) is 33.1. The first-order valence-electron chi connectivity index (χ1n) is 11.9. The molecule has 0 aromatic heterocycles. The second kappa shape index (κ2) is 19.4. The number of aryl methyl sites for hydroxylation is 3. The maximum Gasteiger partial charge on any atom is 0.388 e. The third kappa shape index (κ3) is 13.0. The molecular weight excluding hydrogens is 563 g/mol. The first-order chi connectivity index (χ1) is 20.3. The van der Waals surface area contributed by atoms with E-state index in [1.807, 2.05) is 0 Å². The standard InChI is InChI=1S/3C9H9N2O2.BO3/c3*1-6-3-4-7(9(12)13-2)5-8(6)11-10;2-1(3)4/h3*3-5H,1-2H3;/q3*+1;-3. The summed E-state index contributed by atoms with van der Waals surface area (Å²) in [4.78, 5) is 42.3. The fourth-order valence-corrected chi connectivity index (χ4v) is 2.89. The number of nitrogens with zero attached hydrogens (tertiary/aromatic N) is 6. The number of diazo groups is 3. The van der Waals surface area contributed by atoms with Crippen molar-refractivity contribution in [3.05, 3.63) is 103 Å². The van der Waals surface area contributed by atoms with E-state index >= 15 is 0 Å². The fraction of sp³-hybridized carbons (Fsp3) is 0.222. The van der Waals surface area contributed by atoms with Gasteiger partial charge in [0.2, 0.25) is 16.2 Å². The molecule has 16 heteroatoms. The lowest BCUT2D eigenvalue weighted by atomic mass is 10.1. The molecule has 0 aliphatic rings. The average Bonchev–Trinajstić information content (AvgIpc) is 3.00. The van der Waals surface area contributed by atoms with Crippen LogP contribution in [-0.2, 0) is 14.2 Å². The maximum absolute atomic E-state index is 11.0. The summed E-state index contributed by atoms with van der Waals surface area (Å²) in [5.41, 5.74) is 4.66. The van der Waals surface area contributed by atoms with Crippen LogP contribution in [0.3, 0.4) is 0 Å². The number of carbonyl (C=O) groups is 3. The summed E-state index contributed by atoms with van der Waals surface area (Å²) >= 11 is 0. The molecule has 0 saturated carbocycles. The Hall–Kier alpha value is -5.73. The molecule has 3 rings (SSSR count). The van der Waals surface area contributed by atoms with Crippen LogP contribution in [0, 0.1) is 36.9 Å². The second-order valence-corrected chi connectivity index (χ2v) is 8.07. The SMILES string of the molecule is COC(=O)c1ccc(C)c([N+]#N)c1.COC(=O)c1ccc(C)c([N+]#N)c1.COC(=O)c1ccc(C)c([N+]#N)c1.[O-]B([O-])[O-]. The number of rotatable bonds is 3. The van der Waals surface area contributed by atoms with Gasteiger partial charge in [-0.25, -0.2) is 14.4 Å². The maximum atomic E-state index is 11.0. The quantitative estimate of drug-likeness (QED) is 0.185. The third-order valence-corrected chi connectivity index (χ3v) is 5.21. The zero-order valence-corrected chi connectivity index (χ0v) is 24.1. The molecule has 0 spiro atoms. The number of hydrogen-bond acceptors (Lipinski definition) is 12. The first-order valence-corrected chi connectivity index (χ1v) is 11.9. The Kier molecular flexibility index (Phi) is 16.8. The monoisotopic (exact) mass is 590 g/mol. The van der Waals surface area contributed by atoms with E-state index < -0.39 is 25.2 Å². The van der Waals surface area contributed by atoms with Gasteiger partial charge >= 0.3 is 35.0 Å². The molecule has 43 heavy (non-hydrogen) atoms. The van der Waals surface area contributed by atoms with Crippen molar-refractivity contribution in [1.29, 1.82) is 16.2 Å². The Morgan fingerprint density at radius 3 is 0.930 bits per heavy atom. The van der Waals surface area contributed by atoms with Gasteiger partial charge < -0.3 is 29.3 Å². The van der Waals surface area contributed by atoms with Crippen molar-refractivity contribution in [1.82, 2.24) is 0 Å². The minimum Gasteiger partial charge on any atom is -0.907 e. The summed E-state index contributed by atoms with van der Waals surface area (Å²) in [5.74, 6) is -1.32. The molecule has 0 N–H and O–H groups in total. The Balaban J connectivity index is 0.000000578. The van der Waals surface area contributed by atoms with Crippen LogP contribution >= 0.6 is 0 Å². The molecular formula is C27H27BN6O9. The van der Waals surface area contributed by atoms with Crippen LogP contribution in [0.4, 0.5) is 17.1 Å². The number of hydrogen-bond donors (Lipinski definition) is 0. The molecule has 0 unspecified atom stereocenters. The van der Waals surface area contributed by atoms with E-state index in [2.05, 4.69) is 29.1 Å². The molecule has 0 aliphatic carbocycles. The number of carbonyl (C=O) groups excluding carboxylic acids is 3. The molecule has 0 atom stereocenters. The smallest absolute Gasteiger partial charge is 0.388 e. The van der Waals surface area contributed by atoms with E-state index in [-0.39, 0.29) is 0 Å². The van der Waals surface area contributed by atoms with Crippen molar-refractivity contribution in [2.45, 2.75) is 20.8 Å². The van der Waals surface area contributed by atoms with E-state index in [4.69, 9.17) is 31.3 Å². The van der Waals surface area contributed by atoms with Gasteiger partial charge in [-0.2, -0.15) is 0 Å². The van der Waals surface area contributed by atoms with E-state index in [9.17, 15) is 14.4 Å². The number of esters is 3. The summed E-state index contributed by atoms with van der Waals surface area (Å²) in [7, 11) is 0.994. The molecule has 0 heterocycles. The Morgan fingerprint density at radius 2 is 0.767 bits per heavy atom. The number of methoxy groups -OCH3 is 3. The van der Waals surface area contributed by atoms with Crippen molar-refractivity contribution >= 4 is 42.3 Å². The van der Waals surface area contributed by atoms with Crippen molar-refractivity contribution in [2.24, 2.45) is 0 Å². The van der Waals surface area contributed by atoms with Crippen LogP contribution in [-0.4, -0.2) is 46.6 Å². The fourth-order valence-electron chi connectivity index (χ4n) is 2.89. The van der Waals surface area contributed by atoms with Crippen molar-refractivity contribution in [3.8, 4) is 0 Å². The lowest BCUT2D eigenvalue weighted by Gasteiger charge is -2.35. The van der Waals surface area contributed by atoms with Crippen LogP contribution in [0.1, 0.15) is 47.8 Å². The van der Waals surface area contributed by atoms with Crippen LogP contribution < -0.4 is 15.1 Å². The minimum atomic E-state index is -2.92. The molecule has 0 bridgehead atoms. The molecule has 222 valence electrons. The Labute approximate surface area is 247 Å². The van der Waals surface area contributed by atoms with Gasteiger partial charge in [-0.15, -0.1) is 0 Å². The average molecular weight is 590 g/mol. The highest BCUT2D eigenvalue weighted by Gasteiger charge is 2.16. The van der Waals surface area contributed by atoms with Gasteiger partial charge in [0.25, 0.3) is 0 Å².